The lowest BCUT2D eigenvalue weighted by atomic mass is 10.4. The monoisotopic (exact) mass is 203 g/mol. The molecule has 0 heterocycles. The summed E-state index contributed by atoms with van der Waals surface area (Å²) in [4.78, 5) is 24.5. The predicted octanol–water partition coefficient (Wildman–Crippen LogP) is -0.239. The maximum atomic E-state index is 12.4. The lowest BCUT2D eigenvalue weighted by Crippen LogP contribution is -2.52. The van der Waals surface area contributed by atoms with Crippen LogP contribution in [0.5, 0.6) is 0 Å². The molecule has 0 unspecified atom stereocenters. The van der Waals surface area contributed by atoms with E-state index in [4.69, 9.17) is 0 Å². The number of nitrogens with zero attached hydrogens (tertiary/aromatic N) is 3. The third-order valence-electron chi connectivity index (χ3n) is 0.910. The van der Waals surface area contributed by atoms with Gasteiger partial charge in [0.1, 0.15) is 9.85 Å². The number of nitro groups is 2. The van der Waals surface area contributed by atoms with Crippen molar-refractivity contribution in [2.45, 2.75) is 5.92 Å². The van der Waals surface area contributed by atoms with Crippen molar-refractivity contribution in [1.82, 2.24) is 5.34 Å². The Labute approximate surface area is 66.7 Å². The van der Waals surface area contributed by atoms with Crippen molar-refractivity contribution in [1.29, 1.82) is 0 Å². The van der Waals surface area contributed by atoms with E-state index < -0.39 is 27.0 Å². The van der Waals surface area contributed by atoms with Gasteiger partial charge < -0.3 is 0 Å². The second-order valence-electron chi connectivity index (χ2n) is 1.64. The predicted molar refractivity (Wildman–Crippen MR) is 26.9 cm³/mol. The van der Waals surface area contributed by atoms with Gasteiger partial charge in [-0.1, -0.05) is 13.4 Å². The molecule has 0 spiro atoms. The Morgan fingerprint density at radius 2 is 1.54 bits per heavy atom. The van der Waals surface area contributed by atoms with Crippen LogP contribution in [0.25, 0.3) is 0 Å². The number of halogens is 3. The zero-order valence-corrected chi connectivity index (χ0v) is 5.52. The molecule has 0 saturated heterocycles. The average Bonchev–Trinajstić information content (AvgIpc) is 2.00. The Morgan fingerprint density at radius 1 is 1.23 bits per heavy atom. The van der Waals surface area contributed by atoms with Crippen LogP contribution in [-0.2, 0) is 4.79 Å². The smallest absolute Gasteiger partial charge is 0.255 e. The van der Waals surface area contributed by atoms with E-state index in [1.807, 2.05) is 0 Å². The second-order valence-corrected chi connectivity index (χ2v) is 1.64. The van der Waals surface area contributed by atoms with Crippen LogP contribution in [0.4, 0.5) is 13.4 Å². The number of hydrogen-bond donors (Lipinski definition) is 0. The summed E-state index contributed by atoms with van der Waals surface area (Å²) < 4.78 is 35.0. The van der Waals surface area contributed by atoms with Crippen molar-refractivity contribution in [3.8, 4) is 0 Å². The fraction of sp³-hybridized carbons (Fsp3) is 0.500. The first-order chi connectivity index (χ1) is 5.74. The highest BCUT2D eigenvalue weighted by Gasteiger charge is 2.70. The third kappa shape index (κ3) is 1.62. The number of carbonyl (C=O) groups excluding carboxylic acids is 1. The van der Waals surface area contributed by atoms with Gasteiger partial charge in [-0.05, 0) is 0 Å². The molecule has 0 aliphatic carbocycles. The number of hydrogen-bond acceptors (Lipinski definition) is 5. The van der Waals surface area contributed by atoms with Crippen LogP contribution in [-0.4, -0.2) is 27.0 Å². The third-order valence-corrected chi connectivity index (χ3v) is 0.910. The quantitative estimate of drug-likeness (QED) is 0.207. The molecule has 0 aromatic carbocycles. The van der Waals surface area contributed by atoms with Crippen molar-refractivity contribution in [3.05, 3.63) is 20.2 Å². The molecule has 0 aliphatic heterocycles. The van der Waals surface area contributed by atoms with Gasteiger partial charge in [0.25, 0.3) is 0 Å². The molecular weight excluding hydrogens is 203 g/mol. The highest BCUT2D eigenvalue weighted by atomic mass is 19.4. The maximum Gasteiger partial charge on any atom is 0.702 e. The maximum absolute atomic E-state index is 12.4. The lowest BCUT2D eigenvalue weighted by molar-refractivity contribution is -0.811. The molecule has 0 radical (unpaired) electrons. The number of rotatable bonds is 3. The molecule has 0 aliphatic rings. The van der Waals surface area contributed by atoms with Gasteiger partial charge in [-0.15, -0.1) is 0 Å². The minimum atomic E-state index is -5.04. The van der Waals surface area contributed by atoms with Crippen molar-refractivity contribution in [3.63, 3.8) is 0 Å². The molecule has 0 fully saturated rings. The zero-order valence-electron chi connectivity index (χ0n) is 5.52. The summed E-state index contributed by atoms with van der Waals surface area (Å²) in [6, 6.07) is 0. The molecule has 0 bridgehead atoms. The van der Waals surface area contributed by atoms with E-state index in [1.165, 1.54) is 0 Å². The van der Waals surface area contributed by atoms with Crippen LogP contribution in [0.3, 0.4) is 0 Å². The number of carbonyl (C=O) groups is 1. The second kappa shape index (κ2) is 3.20. The summed E-state index contributed by atoms with van der Waals surface area (Å²) in [5.41, 5.74) is 0. The summed E-state index contributed by atoms with van der Waals surface area (Å²) >= 11 is 0. The molecular formula is C2F3N3O5. The first-order valence-corrected chi connectivity index (χ1v) is 2.38. The van der Waals surface area contributed by atoms with E-state index in [2.05, 4.69) is 0 Å². The largest absolute Gasteiger partial charge is 0.702 e. The number of alkyl halides is 1. The van der Waals surface area contributed by atoms with Gasteiger partial charge in [0.05, 0.1) is 0 Å². The van der Waals surface area contributed by atoms with Crippen LogP contribution in [0, 0.1) is 20.2 Å². The number of amides is 1. The van der Waals surface area contributed by atoms with Gasteiger partial charge in [-0.2, -0.15) is 0 Å². The van der Waals surface area contributed by atoms with Gasteiger partial charge >= 0.3 is 11.8 Å². The van der Waals surface area contributed by atoms with E-state index in [-0.39, 0.29) is 0 Å². The molecule has 13 heavy (non-hydrogen) atoms. The summed E-state index contributed by atoms with van der Waals surface area (Å²) in [5, 5.41) is 16.7. The molecule has 0 rings (SSSR count). The normalized spacial score (nSPS) is 10.7. The van der Waals surface area contributed by atoms with Crippen LogP contribution < -0.4 is 0 Å². The van der Waals surface area contributed by atoms with Gasteiger partial charge in [0, 0.05) is 5.34 Å². The molecule has 8 nitrogen and oxygen atoms in total. The Bertz CT molecular complexity index is 252. The zero-order chi connectivity index (χ0) is 10.8. The molecule has 11 heteroatoms. The standard InChI is InChI=1S/C2F3N3O5/c3-2(7(10)11,8(12)13)1(9)6(4)5. The van der Waals surface area contributed by atoms with Crippen molar-refractivity contribution < 1.29 is 28.0 Å². The fourth-order valence-corrected chi connectivity index (χ4v) is 0.330. The Balaban J connectivity index is 5.15. The van der Waals surface area contributed by atoms with Crippen LogP contribution >= 0.6 is 0 Å². The lowest BCUT2D eigenvalue weighted by Gasteiger charge is -2.05. The minimum absolute atomic E-state index is 2.36. The summed E-state index contributed by atoms with van der Waals surface area (Å²) in [7, 11) is 0. The Morgan fingerprint density at radius 3 is 1.62 bits per heavy atom. The molecule has 0 aromatic rings. The van der Waals surface area contributed by atoms with Crippen molar-refractivity contribution in [2.75, 3.05) is 0 Å². The Hall–Kier alpha value is -1.94. The SMILES string of the molecule is O=C(N(F)F)C(F)([N+](=O)[O-])[N+](=O)[O-]. The molecule has 0 aromatic heterocycles. The first kappa shape index (κ1) is 11.1. The van der Waals surface area contributed by atoms with E-state index in [0.717, 1.165) is 0 Å². The van der Waals surface area contributed by atoms with E-state index in [1.54, 1.807) is 0 Å². The van der Waals surface area contributed by atoms with E-state index in [0.29, 0.717) is 0 Å². The fourth-order valence-electron chi connectivity index (χ4n) is 0.330. The molecule has 0 N–H and O–H groups in total. The molecule has 1 amide bonds. The van der Waals surface area contributed by atoms with Crippen LogP contribution in [0.2, 0.25) is 0 Å². The highest BCUT2D eigenvalue weighted by Crippen LogP contribution is 2.17. The van der Waals surface area contributed by atoms with Crippen LogP contribution in [0.15, 0.2) is 0 Å². The molecule has 0 saturated carbocycles. The summed E-state index contributed by atoms with van der Waals surface area (Å²) in [6.45, 7) is 0. The minimum Gasteiger partial charge on any atom is -0.255 e. The van der Waals surface area contributed by atoms with Gasteiger partial charge in [0.2, 0.25) is 0 Å². The average molecular weight is 203 g/mol. The Kier molecular flexibility index (Phi) is 2.72. The summed E-state index contributed by atoms with van der Waals surface area (Å²) in [6.07, 6.45) is 0. The van der Waals surface area contributed by atoms with Crippen LogP contribution in [0.1, 0.15) is 0 Å². The van der Waals surface area contributed by atoms with E-state index >= 15 is 0 Å². The topological polar surface area (TPSA) is 107 Å². The summed E-state index contributed by atoms with van der Waals surface area (Å²) in [5.74, 6) is -8.20. The van der Waals surface area contributed by atoms with Crippen molar-refractivity contribution in [2.24, 2.45) is 0 Å². The van der Waals surface area contributed by atoms with Gasteiger partial charge in [-0.3, -0.25) is 20.2 Å². The molecule has 0 atom stereocenters. The molecule has 74 valence electrons. The van der Waals surface area contributed by atoms with E-state index in [9.17, 15) is 38.4 Å². The van der Waals surface area contributed by atoms with Gasteiger partial charge in [0.15, 0.2) is 0 Å². The van der Waals surface area contributed by atoms with Gasteiger partial charge in [-0.25, -0.2) is 4.79 Å². The van der Waals surface area contributed by atoms with Crippen molar-refractivity contribution >= 4 is 5.91 Å². The highest BCUT2D eigenvalue weighted by molar-refractivity contribution is 5.79. The first-order valence-electron chi connectivity index (χ1n) is 2.38.